The largest absolute Gasteiger partial charge is 0.478 e. The minimum absolute atomic E-state index is 0.0563. The van der Waals surface area contributed by atoms with Crippen molar-refractivity contribution in [1.82, 2.24) is 19.1 Å². The number of anilines is 1. The van der Waals surface area contributed by atoms with Gasteiger partial charge in [-0.2, -0.15) is 4.98 Å². The van der Waals surface area contributed by atoms with E-state index in [9.17, 15) is 9.59 Å². The molecule has 2 heterocycles. The smallest absolute Gasteiger partial charge is 0.335 e. The fraction of sp³-hybridized carbons (Fsp3) is 0.0833. The molecule has 158 valence electrons. The number of nitrogen functional groups attached to an aromatic ring is 1. The van der Waals surface area contributed by atoms with Crippen LogP contribution in [-0.2, 0) is 13.1 Å². The molecule has 0 unspecified atom stereocenters. The highest BCUT2D eigenvalue weighted by molar-refractivity contribution is 5.87. The third-order valence-corrected chi connectivity index (χ3v) is 5.47. The van der Waals surface area contributed by atoms with Crippen LogP contribution < -0.4 is 11.3 Å². The molecule has 0 spiro atoms. The lowest BCUT2D eigenvalue weighted by atomic mass is 10.1. The van der Waals surface area contributed by atoms with Gasteiger partial charge in [-0.3, -0.25) is 9.36 Å². The first-order chi connectivity index (χ1) is 15.5. The number of carbonyl (C=O) groups is 1. The van der Waals surface area contributed by atoms with E-state index in [1.807, 2.05) is 18.2 Å². The van der Waals surface area contributed by atoms with Crippen LogP contribution in [0.4, 0.5) is 5.95 Å². The van der Waals surface area contributed by atoms with E-state index in [1.165, 1.54) is 16.7 Å². The number of hydrogen-bond donors (Lipinski definition) is 2. The average Bonchev–Trinajstić information content (AvgIpc) is 3.19. The van der Waals surface area contributed by atoms with Crippen molar-refractivity contribution in [3.05, 3.63) is 100 Å². The van der Waals surface area contributed by atoms with Gasteiger partial charge in [-0.25, -0.2) is 9.78 Å². The molecule has 2 aromatic heterocycles. The standard InChI is InChI=1S/C24H19N5O3/c25-24-27-21-20(22(30)29(24)13-15-5-9-18(10-6-15)23(31)32)28(14-26-21)12-16-7-8-17-3-1-2-4-19(17)11-16/h1-11,14H,12-13H2,(H2,25,27)(H,31,32). The number of carboxylic acids is 1. The van der Waals surface area contributed by atoms with E-state index >= 15 is 0 Å². The molecule has 32 heavy (non-hydrogen) atoms. The molecule has 8 heteroatoms. The number of nitrogens with zero attached hydrogens (tertiary/aromatic N) is 4. The quantitative estimate of drug-likeness (QED) is 0.447. The molecular weight excluding hydrogens is 406 g/mol. The van der Waals surface area contributed by atoms with Crippen molar-refractivity contribution in [2.45, 2.75) is 13.1 Å². The summed E-state index contributed by atoms with van der Waals surface area (Å²) in [5, 5.41) is 11.3. The van der Waals surface area contributed by atoms with Crippen LogP contribution >= 0.6 is 0 Å². The molecule has 8 nitrogen and oxygen atoms in total. The summed E-state index contributed by atoms with van der Waals surface area (Å²) in [6.07, 6.45) is 1.60. The molecule has 0 aliphatic heterocycles. The molecule has 0 radical (unpaired) electrons. The molecule has 0 saturated heterocycles. The fourth-order valence-corrected chi connectivity index (χ4v) is 3.81. The molecule has 3 N–H and O–H groups in total. The number of imidazole rings is 1. The summed E-state index contributed by atoms with van der Waals surface area (Å²) in [6.45, 7) is 0.643. The second-order valence-corrected chi connectivity index (χ2v) is 7.59. The Hall–Kier alpha value is -4.46. The summed E-state index contributed by atoms with van der Waals surface area (Å²) < 4.78 is 3.15. The van der Waals surface area contributed by atoms with E-state index in [4.69, 9.17) is 10.8 Å². The molecule has 3 aromatic carbocycles. The maximum atomic E-state index is 13.3. The van der Waals surface area contributed by atoms with E-state index in [-0.39, 0.29) is 23.6 Å². The van der Waals surface area contributed by atoms with E-state index in [1.54, 1.807) is 23.0 Å². The number of hydrogen-bond acceptors (Lipinski definition) is 5. The van der Waals surface area contributed by atoms with Gasteiger partial charge in [0.05, 0.1) is 18.4 Å². The van der Waals surface area contributed by atoms with Gasteiger partial charge in [0, 0.05) is 6.54 Å². The predicted octanol–water partition coefficient (Wildman–Crippen LogP) is 3.12. The van der Waals surface area contributed by atoms with Crippen LogP contribution in [-0.4, -0.2) is 30.2 Å². The third kappa shape index (κ3) is 3.47. The van der Waals surface area contributed by atoms with Crippen LogP contribution in [0.25, 0.3) is 21.9 Å². The van der Waals surface area contributed by atoms with Crippen LogP contribution in [0.3, 0.4) is 0 Å². The Kier molecular flexibility index (Phi) is 4.67. The zero-order valence-electron chi connectivity index (χ0n) is 17.0. The molecule has 0 amide bonds. The lowest BCUT2D eigenvalue weighted by Gasteiger charge is -2.11. The number of nitrogens with two attached hydrogens (primary N) is 1. The third-order valence-electron chi connectivity index (χ3n) is 5.47. The van der Waals surface area contributed by atoms with Gasteiger partial charge in [-0.05, 0) is 40.1 Å². The van der Waals surface area contributed by atoms with Crippen LogP contribution in [0.1, 0.15) is 21.5 Å². The normalized spacial score (nSPS) is 11.2. The van der Waals surface area contributed by atoms with Gasteiger partial charge in [0.15, 0.2) is 11.2 Å². The summed E-state index contributed by atoms with van der Waals surface area (Å²) in [6, 6.07) is 20.6. The summed E-state index contributed by atoms with van der Waals surface area (Å²) in [5.41, 5.74) is 8.37. The highest BCUT2D eigenvalue weighted by Crippen LogP contribution is 2.18. The second kappa shape index (κ2) is 7.66. The van der Waals surface area contributed by atoms with Gasteiger partial charge in [0.2, 0.25) is 5.95 Å². The molecular formula is C24H19N5O3. The Balaban J connectivity index is 1.52. The van der Waals surface area contributed by atoms with Gasteiger partial charge in [-0.15, -0.1) is 0 Å². The van der Waals surface area contributed by atoms with Crippen molar-refractivity contribution < 1.29 is 9.90 Å². The van der Waals surface area contributed by atoms with Crippen LogP contribution in [0.2, 0.25) is 0 Å². The van der Waals surface area contributed by atoms with Gasteiger partial charge in [0.1, 0.15) is 0 Å². The van der Waals surface area contributed by atoms with E-state index in [0.717, 1.165) is 21.9 Å². The monoisotopic (exact) mass is 425 g/mol. The molecule has 0 bridgehead atoms. The van der Waals surface area contributed by atoms with Crippen molar-refractivity contribution >= 4 is 33.9 Å². The molecule has 0 fully saturated rings. The SMILES string of the molecule is Nc1nc2ncn(Cc3ccc4ccccc4c3)c2c(=O)n1Cc1ccc(C(=O)O)cc1. The molecule has 0 aliphatic rings. The van der Waals surface area contributed by atoms with Crippen LogP contribution in [0.5, 0.6) is 0 Å². The number of fused-ring (bicyclic) bond motifs is 2. The van der Waals surface area contributed by atoms with Crippen molar-refractivity contribution in [3.63, 3.8) is 0 Å². The summed E-state index contributed by atoms with van der Waals surface area (Å²) in [7, 11) is 0. The number of aromatic nitrogens is 4. The van der Waals surface area contributed by atoms with Gasteiger partial charge in [-0.1, -0.05) is 48.5 Å². The van der Waals surface area contributed by atoms with Crippen molar-refractivity contribution in [1.29, 1.82) is 0 Å². The number of carboxylic acid groups (broad SMARTS) is 1. The zero-order chi connectivity index (χ0) is 22.2. The topological polar surface area (TPSA) is 116 Å². The first-order valence-corrected chi connectivity index (χ1v) is 10.0. The van der Waals surface area contributed by atoms with E-state index in [0.29, 0.717) is 17.7 Å². The summed E-state index contributed by atoms with van der Waals surface area (Å²) in [4.78, 5) is 32.9. The maximum Gasteiger partial charge on any atom is 0.335 e. The Bertz CT molecular complexity index is 1530. The summed E-state index contributed by atoms with van der Waals surface area (Å²) in [5.74, 6) is -0.949. The lowest BCUT2D eigenvalue weighted by molar-refractivity contribution is 0.0697. The maximum absolute atomic E-state index is 13.3. The van der Waals surface area contributed by atoms with Crippen LogP contribution in [0, 0.1) is 0 Å². The van der Waals surface area contributed by atoms with E-state index < -0.39 is 5.97 Å². The zero-order valence-corrected chi connectivity index (χ0v) is 17.0. The molecule has 0 atom stereocenters. The Morgan fingerprint density at radius 2 is 1.66 bits per heavy atom. The van der Waals surface area contributed by atoms with Crippen LogP contribution in [0.15, 0.2) is 77.9 Å². The molecule has 0 aliphatic carbocycles. The number of aromatic carboxylic acids is 1. The van der Waals surface area contributed by atoms with Gasteiger partial charge in [0.25, 0.3) is 5.56 Å². The minimum atomic E-state index is -1.01. The Morgan fingerprint density at radius 1 is 0.938 bits per heavy atom. The van der Waals surface area contributed by atoms with Gasteiger partial charge >= 0.3 is 5.97 Å². The van der Waals surface area contributed by atoms with Crippen molar-refractivity contribution in [3.8, 4) is 0 Å². The molecule has 0 saturated carbocycles. The number of benzene rings is 3. The van der Waals surface area contributed by atoms with E-state index in [2.05, 4.69) is 34.2 Å². The minimum Gasteiger partial charge on any atom is -0.478 e. The first kappa shape index (κ1) is 19.5. The highest BCUT2D eigenvalue weighted by Gasteiger charge is 2.15. The summed E-state index contributed by atoms with van der Waals surface area (Å²) >= 11 is 0. The molecule has 5 rings (SSSR count). The van der Waals surface area contributed by atoms with Crippen molar-refractivity contribution in [2.75, 3.05) is 5.73 Å². The number of rotatable bonds is 5. The van der Waals surface area contributed by atoms with Crippen molar-refractivity contribution in [2.24, 2.45) is 0 Å². The Labute approximate surface area is 182 Å². The first-order valence-electron chi connectivity index (χ1n) is 10.0. The average molecular weight is 425 g/mol. The highest BCUT2D eigenvalue weighted by atomic mass is 16.4. The molecule has 5 aromatic rings. The fourth-order valence-electron chi connectivity index (χ4n) is 3.81. The predicted molar refractivity (Wildman–Crippen MR) is 122 cm³/mol. The van der Waals surface area contributed by atoms with Gasteiger partial charge < -0.3 is 15.4 Å². The lowest BCUT2D eigenvalue weighted by Crippen LogP contribution is -2.26. The second-order valence-electron chi connectivity index (χ2n) is 7.59. The Morgan fingerprint density at radius 3 is 2.41 bits per heavy atom.